The van der Waals surface area contributed by atoms with Crippen LogP contribution in [0, 0.1) is 36.0 Å². The molecule has 0 N–H and O–H groups in total. The van der Waals surface area contributed by atoms with Crippen LogP contribution >= 0.6 is 0 Å². The molecule has 6 heteroatoms. The molecule has 0 spiro atoms. The first-order valence-corrected chi connectivity index (χ1v) is 10.6. The van der Waals surface area contributed by atoms with Gasteiger partial charge >= 0.3 is 11.9 Å². The zero-order valence-corrected chi connectivity index (χ0v) is 17.2. The fourth-order valence-corrected chi connectivity index (χ4v) is 6.43. The van der Waals surface area contributed by atoms with Crippen LogP contribution < -0.4 is 4.74 Å². The van der Waals surface area contributed by atoms with E-state index in [4.69, 9.17) is 18.9 Å². The first-order valence-electron chi connectivity index (χ1n) is 10.6. The lowest BCUT2D eigenvalue weighted by molar-refractivity contribution is -0.161. The van der Waals surface area contributed by atoms with Gasteiger partial charge in [-0.3, -0.25) is 4.79 Å². The average Bonchev–Trinajstić information content (AvgIpc) is 3.48. The number of esters is 2. The Hall–Kier alpha value is -2.76. The lowest BCUT2D eigenvalue weighted by atomic mass is 9.71. The van der Waals surface area contributed by atoms with Crippen LogP contribution in [-0.2, 0) is 30.2 Å². The van der Waals surface area contributed by atoms with Gasteiger partial charge in [-0.05, 0) is 50.2 Å². The van der Waals surface area contributed by atoms with Crippen LogP contribution in [0.3, 0.4) is 0 Å². The van der Waals surface area contributed by atoms with E-state index in [9.17, 15) is 9.59 Å². The van der Waals surface area contributed by atoms with Crippen LogP contribution in [0.5, 0.6) is 5.75 Å². The predicted molar refractivity (Wildman–Crippen MR) is 105 cm³/mol. The van der Waals surface area contributed by atoms with Gasteiger partial charge in [-0.25, -0.2) is 4.79 Å². The molecule has 30 heavy (non-hydrogen) atoms. The van der Waals surface area contributed by atoms with E-state index in [1.165, 1.54) is 6.26 Å². The molecule has 3 fully saturated rings. The summed E-state index contributed by atoms with van der Waals surface area (Å²) in [5, 5.41) is 0. The Labute approximate surface area is 174 Å². The van der Waals surface area contributed by atoms with Gasteiger partial charge in [-0.1, -0.05) is 18.2 Å². The Bertz CT molecular complexity index is 1040. The highest BCUT2D eigenvalue weighted by Crippen LogP contribution is 2.61. The average molecular weight is 408 g/mol. The van der Waals surface area contributed by atoms with Crippen molar-refractivity contribution in [1.29, 1.82) is 0 Å². The number of benzene rings is 1. The fraction of sp³-hybridized carbons (Fsp3) is 0.500. The van der Waals surface area contributed by atoms with Gasteiger partial charge < -0.3 is 18.9 Å². The molecular weight excluding hydrogens is 384 g/mol. The summed E-state index contributed by atoms with van der Waals surface area (Å²) in [6, 6.07) is 3.95. The first-order chi connectivity index (χ1) is 14.4. The predicted octanol–water partition coefficient (Wildman–Crippen LogP) is 3.39. The molecule has 156 valence electrons. The number of ether oxygens (including phenoxy) is 4. The molecule has 1 saturated carbocycles. The summed E-state index contributed by atoms with van der Waals surface area (Å²) in [6.07, 6.45) is 6.43. The van der Waals surface area contributed by atoms with Gasteiger partial charge in [0.25, 0.3) is 0 Å². The second-order valence-corrected chi connectivity index (χ2v) is 9.30. The molecule has 0 radical (unpaired) electrons. The first kappa shape index (κ1) is 18.0. The summed E-state index contributed by atoms with van der Waals surface area (Å²) in [5.41, 5.74) is 3.18. The standard InChI is InChI=1S/C24H24O6/c1-11-4-7-17(27-3)15-9-14-16(21(25)29-20(14)18(11)15)10-28-22-19-12-5-6-13(8-12)24(19,2)23(26)30-22/h4-7,10,12-14,19-20,22H,8-9H2,1-3H3/b16-10+/t12-,13+,14?,19?,20?,22?,24+/m1/s1. The number of cyclic esters (lactones) is 1. The van der Waals surface area contributed by atoms with Crippen LogP contribution in [0.2, 0.25) is 0 Å². The summed E-state index contributed by atoms with van der Waals surface area (Å²) in [6.45, 7) is 4.00. The Morgan fingerprint density at radius 3 is 2.83 bits per heavy atom. The molecular formula is C24H24O6. The lowest BCUT2D eigenvalue weighted by Crippen LogP contribution is -2.35. The van der Waals surface area contributed by atoms with E-state index in [1.54, 1.807) is 7.11 Å². The van der Waals surface area contributed by atoms with Gasteiger partial charge in [0.1, 0.15) is 11.9 Å². The lowest BCUT2D eigenvalue weighted by Gasteiger charge is -2.28. The van der Waals surface area contributed by atoms with E-state index in [1.807, 2.05) is 26.0 Å². The molecule has 6 nitrogen and oxygen atoms in total. The molecule has 2 bridgehead atoms. The molecule has 2 heterocycles. The molecule has 6 rings (SSSR count). The minimum Gasteiger partial charge on any atom is -0.496 e. The number of carbonyl (C=O) groups is 2. The Morgan fingerprint density at radius 2 is 2.03 bits per heavy atom. The van der Waals surface area contributed by atoms with E-state index in [2.05, 4.69) is 12.2 Å². The van der Waals surface area contributed by atoms with Gasteiger partial charge in [-0.2, -0.15) is 0 Å². The third-order valence-corrected chi connectivity index (χ3v) is 8.02. The van der Waals surface area contributed by atoms with E-state index in [-0.39, 0.29) is 41.7 Å². The van der Waals surface area contributed by atoms with Crippen LogP contribution in [0.4, 0.5) is 0 Å². The maximum atomic E-state index is 12.6. The van der Waals surface area contributed by atoms with E-state index < -0.39 is 11.7 Å². The Balaban J connectivity index is 1.29. The highest BCUT2D eigenvalue weighted by atomic mass is 16.7. The second-order valence-electron chi connectivity index (χ2n) is 9.30. The van der Waals surface area contributed by atoms with E-state index in [0.29, 0.717) is 12.0 Å². The van der Waals surface area contributed by atoms with Crippen LogP contribution in [0.1, 0.15) is 36.1 Å². The van der Waals surface area contributed by atoms with Crippen LogP contribution in [0.15, 0.2) is 36.1 Å². The highest BCUT2D eigenvalue weighted by molar-refractivity contribution is 5.92. The number of allylic oxidation sites excluding steroid dienone is 2. The summed E-state index contributed by atoms with van der Waals surface area (Å²) >= 11 is 0. The quantitative estimate of drug-likeness (QED) is 0.331. The van der Waals surface area contributed by atoms with Gasteiger partial charge in [0.15, 0.2) is 0 Å². The number of hydrogen-bond acceptors (Lipinski definition) is 6. The number of carbonyl (C=O) groups excluding carboxylic acids is 2. The largest absolute Gasteiger partial charge is 0.496 e. The van der Waals surface area contributed by atoms with Crippen molar-refractivity contribution >= 4 is 11.9 Å². The number of aryl methyl sites for hydroxylation is 1. The molecule has 1 aromatic carbocycles. The Kier molecular flexibility index (Phi) is 3.55. The summed E-state index contributed by atoms with van der Waals surface area (Å²) in [7, 11) is 1.65. The van der Waals surface area contributed by atoms with Crippen molar-refractivity contribution in [3.8, 4) is 5.75 Å². The minimum absolute atomic E-state index is 0.0202. The van der Waals surface area contributed by atoms with Gasteiger partial charge in [0.2, 0.25) is 6.29 Å². The summed E-state index contributed by atoms with van der Waals surface area (Å²) in [4.78, 5) is 25.2. The molecule has 7 atom stereocenters. The van der Waals surface area contributed by atoms with Crippen molar-refractivity contribution < 1.29 is 28.5 Å². The molecule has 1 aromatic rings. The molecule has 4 unspecified atom stereocenters. The third-order valence-electron chi connectivity index (χ3n) is 8.02. The smallest absolute Gasteiger partial charge is 0.338 e. The molecule has 3 aliphatic carbocycles. The van der Waals surface area contributed by atoms with Gasteiger partial charge in [0, 0.05) is 17.0 Å². The van der Waals surface area contributed by atoms with Crippen LogP contribution in [0.25, 0.3) is 0 Å². The number of hydrogen-bond donors (Lipinski definition) is 0. The zero-order chi connectivity index (χ0) is 20.8. The zero-order valence-electron chi connectivity index (χ0n) is 17.2. The summed E-state index contributed by atoms with van der Waals surface area (Å²) in [5.74, 6) is 0.600. The fourth-order valence-electron chi connectivity index (χ4n) is 6.43. The third kappa shape index (κ3) is 2.09. The van der Waals surface area contributed by atoms with E-state index in [0.717, 1.165) is 28.9 Å². The van der Waals surface area contributed by atoms with Crippen molar-refractivity contribution in [2.75, 3.05) is 7.11 Å². The number of fused-ring (bicyclic) bond motifs is 8. The topological polar surface area (TPSA) is 71.1 Å². The van der Waals surface area contributed by atoms with Crippen molar-refractivity contribution in [3.05, 3.63) is 52.8 Å². The van der Waals surface area contributed by atoms with Gasteiger partial charge in [-0.15, -0.1) is 0 Å². The van der Waals surface area contributed by atoms with Crippen LogP contribution in [-0.4, -0.2) is 25.3 Å². The SMILES string of the molecule is COc1ccc(C)c2c1CC1/C(=C\OC3OC(=O)[C@]4(C)C3[C@@H]3C=C[C@H]4C3)C(=O)OC21. The van der Waals surface area contributed by atoms with Gasteiger partial charge in [0.05, 0.1) is 30.3 Å². The van der Waals surface area contributed by atoms with Crippen molar-refractivity contribution in [2.45, 2.75) is 39.1 Å². The summed E-state index contributed by atoms with van der Waals surface area (Å²) < 4.78 is 22.9. The molecule has 5 aliphatic rings. The Morgan fingerprint density at radius 1 is 1.20 bits per heavy atom. The minimum atomic E-state index is -0.665. The number of methoxy groups -OCH3 is 1. The normalized spacial score (nSPS) is 41.0. The highest BCUT2D eigenvalue weighted by Gasteiger charge is 2.67. The molecule has 2 saturated heterocycles. The monoisotopic (exact) mass is 408 g/mol. The molecule has 0 amide bonds. The van der Waals surface area contributed by atoms with Crippen molar-refractivity contribution in [3.63, 3.8) is 0 Å². The molecule has 0 aromatic heterocycles. The maximum absolute atomic E-state index is 12.6. The van der Waals surface area contributed by atoms with Crippen molar-refractivity contribution in [2.24, 2.45) is 29.1 Å². The van der Waals surface area contributed by atoms with E-state index >= 15 is 0 Å². The molecule has 2 aliphatic heterocycles. The second kappa shape index (κ2) is 5.90. The van der Waals surface area contributed by atoms with Crippen molar-refractivity contribution in [1.82, 2.24) is 0 Å². The maximum Gasteiger partial charge on any atom is 0.338 e. The number of rotatable bonds is 3.